The van der Waals surface area contributed by atoms with Crippen molar-refractivity contribution in [3.63, 3.8) is 0 Å². The first kappa shape index (κ1) is 18.7. The minimum atomic E-state index is -0.574. The van der Waals surface area contributed by atoms with Crippen molar-refractivity contribution in [2.45, 2.75) is 39.0 Å². The minimum absolute atomic E-state index is 0.282. The molecule has 132 valence electrons. The van der Waals surface area contributed by atoms with Crippen LogP contribution in [-0.2, 0) is 12.8 Å². The summed E-state index contributed by atoms with van der Waals surface area (Å²) in [7, 11) is 0. The van der Waals surface area contributed by atoms with Gasteiger partial charge in [0.15, 0.2) is 0 Å². The third-order valence-electron chi connectivity index (χ3n) is 4.12. The number of aryl methyl sites for hydroxylation is 1. The van der Waals surface area contributed by atoms with E-state index in [4.69, 9.17) is 10.5 Å². The van der Waals surface area contributed by atoms with Crippen LogP contribution in [0.2, 0.25) is 0 Å². The maximum absolute atomic E-state index is 11.8. The van der Waals surface area contributed by atoms with Crippen LogP contribution in [0.15, 0.2) is 42.5 Å². The van der Waals surface area contributed by atoms with Crippen LogP contribution in [-0.4, -0.2) is 18.8 Å². The van der Waals surface area contributed by atoms with Gasteiger partial charge >= 0.3 is 0 Å². The average Bonchev–Trinajstić information content (AvgIpc) is 2.63. The highest BCUT2D eigenvalue weighted by molar-refractivity contribution is 5.98. The highest BCUT2D eigenvalue weighted by Crippen LogP contribution is 2.28. The van der Waals surface area contributed by atoms with Crippen molar-refractivity contribution in [2.75, 3.05) is 6.61 Å². The smallest absolute Gasteiger partial charge is 0.252 e. The molecule has 2 N–H and O–H groups in total. The number of benzene rings is 2. The Morgan fingerprint density at radius 2 is 1.88 bits per heavy atom. The summed E-state index contributed by atoms with van der Waals surface area (Å²) in [6.45, 7) is 2.58. The van der Waals surface area contributed by atoms with Gasteiger partial charge in [-0.15, -0.1) is 0 Å². The van der Waals surface area contributed by atoms with Gasteiger partial charge in [-0.05, 0) is 36.1 Å². The summed E-state index contributed by atoms with van der Waals surface area (Å²) in [6.07, 6.45) is 5.40. The van der Waals surface area contributed by atoms with E-state index in [-0.39, 0.29) is 5.56 Å². The first-order valence-electron chi connectivity index (χ1n) is 8.74. The van der Waals surface area contributed by atoms with Crippen molar-refractivity contribution < 1.29 is 14.3 Å². The molecule has 4 heteroatoms. The molecule has 2 aromatic carbocycles. The second kappa shape index (κ2) is 9.62. The van der Waals surface area contributed by atoms with Crippen LogP contribution >= 0.6 is 0 Å². The van der Waals surface area contributed by atoms with Crippen molar-refractivity contribution in [1.82, 2.24) is 0 Å². The molecule has 0 radical (unpaired) electrons. The van der Waals surface area contributed by atoms with Crippen LogP contribution in [0.25, 0.3) is 0 Å². The SMILES string of the molecule is CCCCCc1cc(C=O)cc(C(N)=O)c1OCCc1ccccc1. The van der Waals surface area contributed by atoms with Crippen LogP contribution in [0.1, 0.15) is 58.0 Å². The van der Waals surface area contributed by atoms with Crippen LogP contribution < -0.4 is 10.5 Å². The zero-order valence-corrected chi connectivity index (χ0v) is 14.7. The lowest BCUT2D eigenvalue weighted by atomic mass is 9.99. The molecule has 0 saturated carbocycles. The highest BCUT2D eigenvalue weighted by atomic mass is 16.5. The fourth-order valence-corrected chi connectivity index (χ4v) is 2.80. The predicted octanol–water partition coefficient (Wildman–Crippen LogP) is 3.95. The molecular formula is C21H25NO3. The summed E-state index contributed by atoms with van der Waals surface area (Å²) in [5.74, 6) is -0.0553. The van der Waals surface area contributed by atoms with Crippen molar-refractivity contribution in [2.24, 2.45) is 5.73 Å². The Morgan fingerprint density at radius 1 is 1.12 bits per heavy atom. The third kappa shape index (κ3) is 5.45. The lowest BCUT2D eigenvalue weighted by Gasteiger charge is -2.16. The van der Waals surface area contributed by atoms with Gasteiger partial charge in [-0.2, -0.15) is 0 Å². The fraction of sp³-hybridized carbons (Fsp3) is 0.333. The Labute approximate surface area is 149 Å². The second-order valence-electron chi connectivity index (χ2n) is 6.08. The van der Waals surface area contributed by atoms with Gasteiger partial charge in [0.05, 0.1) is 12.2 Å². The summed E-state index contributed by atoms with van der Waals surface area (Å²) in [6, 6.07) is 13.3. The van der Waals surface area contributed by atoms with Crippen molar-refractivity contribution in [3.8, 4) is 5.75 Å². The molecule has 2 aromatic rings. The fourth-order valence-electron chi connectivity index (χ4n) is 2.80. The molecule has 25 heavy (non-hydrogen) atoms. The number of hydrogen-bond donors (Lipinski definition) is 1. The standard InChI is InChI=1S/C21H25NO3/c1-2-3-5-10-18-13-17(15-23)14-19(21(22)24)20(18)25-12-11-16-8-6-4-7-9-16/h4,6-9,13-15H,2-3,5,10-12H2,1H3,(H2,22,24). The number of carbonyl (C=O) groups is 2. The molecule has 0 fully saturated rings. The summed E-state index contributed by atoms with van der Waals surface area (Å²) >= 11 is 0. The molecule has 0 bridgehead atoms. The van der Waals surface area contributed by atoms with Gasteiger partial charge in [0, 0.05) is 12.0 Å². The zero-order chi connectivity index (χ0) is 18.1. The molecule has 4 nitrogen and oxygen atoms in total. The first-order chi connectivity index (χ1) is 12.2. The first-order valence-corrected chi connectivity index (χ1v) is 8.74. The Balaban J connectivity index is 2.21. The number of amides is 1. The number of rotatable bonds is 10. The summed E-state index contributed by atoms with van der Waals surface area (Å²) in [5, 5.41) is 0. The molecule has 0 saturated heterocycles. The van der Waals surface area contributed by atoms with Crippen molar-refractivity contribution >= 4 is 12.2 Å². The molecule has 1 amide bonds. The van der Waals surface area contributed by atoms with Crippen LogP contribution in [0, 0.1) is 0 Å². The second-order valence-corrected chi connectivity index (χ2v) is 6.08. The number of nitrogens with two attached hydrogens (primary N) is 1. The number of aldehydes is 1. The maximum Gasteiger partial charge on any atom is 0.252 e. The van der Waals surface area contributed by atoms with E-state index < -0.39 is 5.91 Å². The van der Waals surface area contributed by atoms with Gasteiger partial charge in [0.2, 0.25) is 0 Å². The van der Waals surface area contributed by atoms with E-state index in [1.807, 2.05) is 30.3 Å². The van der Waals surface area contributed by atoms with E-state index in [9.17, 15) is 9.59 Å². The molecule has 0 heterocycles. The predicted molar refractivity (Wildman–Crippen MR) is 99.2 cm³/mol. The molecular weight excluding hydrogens is 314 g/mol. The molecule has 0 aromatic heterocycles. The Hall–Kier alpha value is -2.62. The number of carbonyl (C=O) groups excluding carboxylic acids is 2. The number of ether oxygens (including phenoxy) is 1. The minimum Gasteiger partial charge on any atom is -0.492 e. The van der Waals surface area contributed by atoms with Gasteiger partial charge in [-0.3, -0.25) is 9.59 Å². The average molecular weight is 339 g/mol. The molecule has 0 atom stereocenters. The number of hydrogen-bond acceptors (Lipinski definition) is 3. The van der Waals surface area contributed by atoms with Gasteiger partial charge in [-0.25, -0.2) is 0 Å². The third-order valence-corrected chi connectivity index (χ3v) is 4.12. The van der Waals surface area contributed by atoms with Crippen LogP contribution in [0.3, 0.4) is 0 Å². The largest absolute Gasteiger partial charge is 0.492 e. The van der Waals surface area contributed by atoms with E-state index >= 15 is 0 Å². The van der Waals surface area contributed by atoms with E-state index in [1.54, 1.807) is 6.07 Å². The van der Waals surface area contributed by atoms with Gasteiger partial charge in [0.25, 0.3) is 5.91 Å². The Morgan fingerprint density at radius 3 is 2.52 bits per heavy atom. The molecule has 0 aliphatic heterocycles. The van der Waals surface area contributed by atoms with E-state index in [0.717, 1.165) is 44.0 Å². The monoisotopic (exact) mass is 339 g/mol. The lowest BCUT2D eigenvalue weighted by molar-refractivity contribution is 0.0996. The Kier molecular flexibility index (Phi) is 7.20. The molecule has 2 rings (SSSR count). The lowest BCUT2D eigenvalue weighted by Crippen LogP contribution is -2.16. The zero-order valence-electron chi connectivity index (χ0n) is 14.7. The normalized spacial score (nSPS) is 10.4. The summed E-state index contributed by atoms with van der Waals surface area (Å²) in [5.41, 5.74) is 8.29. The van der Waals surface area contributed by atoms with Crippen molar-refractivity contribution in [1.29, 1.82) is 0 Å². The van der Waals surface area contributed by atoms with Crippen LogP contribution in [0.5, 0.6) is 5.75 Å². The van der Waals surface area contributed by atoms with Crippen LogP contribution in [0.4, 0.5) is 0 Å². The van der Waals surface area contributed by atoms with Crippen molar-refractivity contribution in [3.05, 3.63) is 64.7 Å². The summed E-state index contributed by atoms with van der Waals surface area (Å²) in [4.78, 5) is 23.0. The number of primary amides is 1. The topological polar surface area (TPSA) is 69.4 Å². The maximum atomic E-state index is 11.8. The van der Waals surface area contributed by atoms with E-state index in [0.29, 0.717) is 17.9 Å². The molecule has 0 spiro atoms. The number of unbranched alkanes of at least 4 members (excludes halogenated alkanes) is 2. The Bertz CT molecular complexity index is 711. The van der Waals surface area contributed by atoms with E-state index in [1.165, 1.54) is 11.6 Å². The van der Waals surface area contributed by atoms with E-state index in [2.05, 4.69) is 6.92 Å². The molecule has 0 aliphatic rings. The quantitative estimate of drug-likeness (QED) is 0.526. The highest BCUT2D eigenvalue weighted by Gasteiger charge is 2.16. The van der Waals surface area contributed by atoms with Gasteiger partial charge in [-0.1, -0.05) is 50.1 Å². The molecule has 0 aliphatic carbocycles. The summed E-state index contributed by atoms with van der Waals surface area (Å²) < 4.78 is 5.95. The van der Waals surface area contributed by atoms with Gasteiger partial charge < -0.3 is 10.5 Å². The van der Waals surface area contributed by atoms with Gasteiger partial charge in [0.1, 0.15) is 12.0 Å². The molecule has 0 unspecified atom stereocenters.